The Labute approximate surface area is 109 Å². The molecule has 1 rings (SSSR count). The van der Waals surface area contributed by atoms with Gasteiger partial charge in [-0.3, -0.25) is 4.79 Å². The van der Waals surface area contributed by atoms with Gasteiger partial charge in [0.05, 0.1) is 24.3 Å². The first-order chi connectivity index (χ1) is 8.43. The molecule has 0 aliphatic carbocycles. The number of methoxy groups -OCH3 is 1. The standard InChI is InChI=1S/C12H13ClO5/c1-4-18-12(16)11(15)8-9(13)6(2)5-7(17-3)10(8)14/h5,14H,4H2,1-3H3. The lowest BCUT2D eigenvalue weighted by molar-refractivity contribution is -0.137. The maximum absolute atomic E-state index is 11.8. The van der Waals surface area contributed by atoms with Crippen LogP contribution >= 0.6 is 11.6 Å². The zero-order valence-electron chi connectivity index (χ0n) is 10.2. The average molecular weight is 273 g/mol. The van der Waals surface area contributed by atoms with Gasteiger partial charge in [-0.15, -0.1) is 0 Å². The summed E-state index contributed by atoms with van der Waals surface area (Å²) in [6, 6.07) is 1.47. The van der Waals surface area contributed by atoms with Crippen LogP contribution in [0.25, 0.3) is 0 Å². The number of ether oxygens (including phenoxy) is 2. The van der Waals surface area contributed by atoms with E-state index in [1.165, 1.54) is 13.2 Å². The normalized spacial score (nSPS) is 10.0. The van der Waals surface area contributed by atoms with E-state index in [0.29, 0.717) is 5.56 Å². The number of Topliss-reactive ketones (excluding diaryl/α,β-unsaturated/α-hetero) is 1. The summed E-state index contributed by atoms with van der Waals surface area (Å²) in [4.78, 5) is 23.2. The third-order valence-corrected chi connectivity index (χ3v) is 2.78. The molecule has 1 aromatic carbocycles. The number of halogens is 1. The first kappa shape index (κ1) is 14.3. The summed E-state index contributed by atoms with van der Waals surface area (Å²) in [5.74, 6) is -2.46. The van der Waals surface area contributed by atoms with Crippen molar-refractivity contribution in [3.8, 4) is 11.5 Å². The van der Waals surface area contributed by atoms with Gasteiger partial charge in [-0.25, -0.2) is 4.79 Å². The Balaban J connectivity index is 3.35. The van der Waals surface area contributed by atoms with E-state index < -0.39 is 17.5 Å². The minimum absolute atomic E-state index is 0.00588. The van der Waals surface area contributed by atoms with Crippen LogP contribution < -0.4 is 4.74 Å². The molecule has 0 amide bonds. The summed E-state index contributed by atoms with van der Waals surface area (Å²) < 4.78 is 9.48. The smallest absolute Gasteiger partial charge is 0.379 e. The van der Waals surface area contributed by atoms with Gasteiger partial charge in [0.15, 0.2) is 11.5 Å². The van der Waals surface area contributed by atoms with Crippen molar-refractivity contribution in [2.45, 2.75) is 13.8 Å². The van der Waals surface area contributed by atoms with E-state index in [-0.39, 0.29) is 22.9 Å². The largest absolute Gasteiger partial charge is 0.504 e. The fourth-order valence-corrected chi connectivity index (χ4v) is 1.64. The Hall–Kier alpha value is -1.75. The predicted molar refractivity (Wildman–Crippen MR) is 65.4 cm³/mol. The van der Waals surface area contributed by atoms with Gasteiger partial charge >= 0.3 is 5.97 Å². The van der Waals surface area contributed by atoms with Crippen LogP contribution in [0.2, 0.25) is 5.02 Å². The first-order valence-corrected chi connectivity index (χ1v) is 5.59. The Bertz CT molecular complexity index is 496. The van der Waals surface area contributed by atoms with Crippen molar-refractivity contribution in [1.29, 1.82) is 0 Å². The Morgan fingerprint density at radius 2 is 2.06 bits per heavy atom. The number of esters is 1. The van der Waals surface area contributed by atoms with Crippen molar-refractivity contribution < 1.29 is 24.2 Å². The Morgan fingerprint density at radius 1 is 1.44 bits per heavy atom. The lowest BCUT2D eigenvalue weighted by atomic mass is 10.1. The molecule has 0 heterocycles. The minimum Gasteiger partial charge on any atom is -0.504 e. The zero-order chi connectivity index (χ0) is 13.9. The Morgan fingerprint density at radius 3 is 2.56 bits per heavy atom. The van der Waals surface area contributed by atoms with Crippen LogP contribution in [-0.2, 0) is 9.53 Å². The number of carbonyl (C=O) groups is 2. The third-order valence-electron chi connectivity index (χ3n) is 2.29. The second kappa shape index (κ2) is 5.73. The third kappa shape index (κ3) is 2.56. The van der Waals surface area contributed by atoms with Gasteiger partial charge < -0.3 is 14.6 Å². The topological polar surface area (TPSA) is 72.8 Å². The number of hydrogen-bond acceptors (Lipinski definition) is 5. The molecule has 0 aliphatic rings. The summed E-state index contributed by atoms with van der Waals surface area (Å²) in [5, 5.41) is 9.85. The van der Waals surface area contributed by atoms with Crippen LogP contribution in [0, 0.1) is 6.92 Å². The van der Waals surface area contributed by atoms with E-state index in [1.54, 1.807) is 13.8 Å². The number of benzene rings is 1. The van der Waals surface area contributed by atoms with Gasteiger partial charge in [-0.2, -0.15) is 0 Å². The maximum atomic E-state index is 11.8. The number of aryl methyl sites for hydroxylation is 1. The summed E-state index contributed by atoms with van der Waals surface area (Å²) in [7, 11) is 1.33. The summed E-state index contributed by atoms with van der Waals surface area (Å²) in [6.07, 6.45) is 0. The molecule has 5 nitrogen and oxygen atoms in total. The molecule has 98 valence electrons. The molecule has 0 spiro atoms. The summed E-state index contributed by atoms with van der Waals surface area (Å²) in [6.45, 7) is 3.27. The molecule has 0 aliphatic heterocycles. The van der Waals surface area contributed by atoms with Crippen LogP contribution in [0.5, 0.6) is 11.5 Å². The van der Waals surface area contributed by atoms with Crippen LogP contribution in [0.3, 0.4) is 0 Å². The van der Waals surface area contributed by atoms with Crippen LogP contribution in [0.15, 0.2) is 6.07 Å². The quantitative estimate of drug-likeness (QED) is 0.516. The van der Waals surface area contributed by atoms with Gasteiger partial charge in [0.25, 0.3) is 5.78 Å². The van der Waals surface area contributed by atoms with Gasteiger partial charge in [0, 0.05) is 0 Å². The van der Waals surface area contributed by atoms with Crippen molar-refractivity contribution in [2.24, 2.45) is 0 Å². The molecular weight excluding hydrogens is 260 g/mol. The zero-order valence-corrected chi connectivity index (χ0v) is 11.0. The summed E-state index contributed by atoms with van der Waals surface area (Å²) >= 11 is 5.92. The molecule has 0 radical (unpaired) electrons. The van der Waals surface area contributed by atoms with Crippen LogP contribution in [-0.4, -0.2) is 30.6 Å². The van der Waals surface area contributed by atoms with Gasteiger partial charge in [-0.05, 0) is 25.5 Å². The highest BCUT2D eigenvalue weighted by Gasteiger charge is 2.27. The number of phenolic OH excluding ortho intramolecular Hbond substituents is 1. The van der Waals surface area contributed by atoms with E-state index >= 15 is 0 Å². The van der Waals surface area contributed by atoms with Gasteiger partial charge in [0.2, 0.25) is 0 Å². The lowest BCUT2D eigenvalue weighted by Gasteiger charge is -2.11. The fraction of sp³-hybridized carbons (Fsp3) is 0.333. The second-order valence-electron chi connectivity index (χ2n) is 3.48. The van der Waals surface area contributed by atoms with Gasteiger partial charge in [-0.1, -0.05) is 11.6 Å². The van der Waals surface area contributed by atoms with E-state index in [2.05, 4.69) is 4.74 Å². The highest BCUT2D eigenvalue weighted by molar-refractivity contribution is 6.46. The monoisotopic (exact) mass is 272 g/mol. The Kier molecular flexibility index (Phi) is 4.55. The number of aromatic hydroxyl groups is 1. The molecule has 0 bridgehead atoms. The van der Waals surface area contributed by atoms with Crippen molar-refractivity contribution in [2.75, 3.05) is 13.7 Å². The van der Waals surface area contributed by atoms with Gasteiger partial charge in [0.1, 0.15) is 0 Å². The van der Waals surface area contributed by atoms with E-state index in [0.717, 1.165) is 0 Å². The molecule has 0 atom stereocenters. The molecule has 6 heteroatoms. The van der Waals surface area contributed by atoms with Crippen LogP contribution in [0.4, 0.5) is 0 Å². The second-order valence-corrected chi connectivity index (χ2v) is 3.86. The number of ketones is 1. The average Bonchev–Trinajstić information content (AvgIpc) is 2.34. The van der Waals surface area contributed by atoms with E-state index in [4.69, 9.17) is 16.3 Å². The molecule has 18 heavy (non-hydrogen) atoms. The number of carbonyl (C=O) groups excluding carboxylic acids is 2. The van der Waals surface area contributed by atoms with Crippen molar-refractivity contribution in [3.63, 3.8) is 0 Å². The molecule has 0 saturated heterocycles. The highest BCUT2D eigenvalue weighted by atomic mass is 35.5. The maximum Gasteiger partial charge on any atom is 0.379 e. The molecule has 0 aromatic heterocycles. The molecule has 1 aromatic rings. The van der Waals surface area contributed by atoms with Crippen molar-refractivity contribution >= 4 is 23.4 Å². The minimum atomic E-state index is -1.07. The van der Waals surface area contributed by atoms with Crippen molar-refractivity contribution in [3.05, 3.63) is 22.2 Å². The number of phenols is 1. The fourth-order valence-electron chi connectivity index (χ4n) is 1.41. The highest BCUT2D eigenvalue weighted by Crippen LogP contribution is 2.37. The van der Waals surface area contributed by atoms with Crippen LogP contribution in [0.1, 0.15) is 22.8 Å². The van der Waals surface area contributed by atoms with E-state index in [1.807, 2.05) is 0 Å². The van der Waals surface area contributed by atoms with E-state index in [9.17, 15) is 14.7 Å². The van der Waals surface area contributed by atoms with Crippen molar-refractivity contribution in [1.82, 2.24) is 0 Å². The SMILES string of the molecule is CCOC(=O)C(=O)c1c(O)c(OC)cc(C)c1Cl. The summed E-state index contributed by atoms with van der Waals surface area (Å²) in [5.41, 5.74) is 0.214. The first-order valence-electron chi connectivity index (χ1n) is 5.21. The molecule has 0 unspecified atom stereocenters. The molecular formula is C12H13ClO5. The molecule has 1 N–H and O–H groups in total. The number of rotatable bonds is 4. The number of hydrogen-bond donors (Lipinski definition) is 1. The molecule has 0 fully saturated rings. The molecule has 0 saturated carbocycles. The lowest BCUT2D eigenvalue weighted by Crippen LogP contribution is -2.18. The predicted octanol–water partition coefficient (Wildman–Crippen LogP) is 2.11.